The summed E-state index contributed by atoms with van der Waals surface area (Å²) in [7, 11) is 0. The molecule has 96 valence electrons. The molecule has 0 radical (unpaired) electrons. The van der Waals surface area contributed by atoms with Crippen molar-refractivity contribution in [1.29, 1.82) is 0 Å². The van der Waals surface area contributed by atoms with Gasteiger partial charge in [-0.3, -0.25) is 0 Å². The maximum atomic E-state index is 3.83. The quantitative estimate of drug-likeness (QED) is 0.418. The zero-order chi connectivity index (χ0) is 13.0. The van der Waals surface area contributed by atoms with E-state index in [0.29, 0.717) is 15.7 Å². The van der Waals surface area contributed by atoms with Gasteiger partial charge in [0.25, 0.3) is 0 Å². The molecule has 0 aromatic heterocycles. The molecule has 1 atom stereocenters. The average molecular weight is 289 g/mol. The average Bonchev–Trinajstić information content (AvgIpc) is 2.16. The van der Waals surface area contributed by atoms with Crippen LogP contribution in [0.2, 0.25) is 0 Å². The largest absolute Gasteiger partial charge is 0.0842 e. The van der Waals surface area contributed by atoms with Crippen LogP contribution in [0.25, 0.3) is 0 Å². The fourth-order valence-corrected chi connectivity index (χ4v) is 2.61. The zero-order valence-electron chi connectivity index (χ0n) is 12.2. The summed E-state index contributed by atoms with van der Waals surface area (Å²) in [6.07, 6.45) is 6.07. The molecule has 0 spiro atoms. The molecule has 0 aliphatic heterocycles. The lowest BCUT2D eigenvalue weighted by molar-refractivity contribution is 0.326. The molecule has 0 aromatic rings. The molecule has 16 heavy (non-hydrogen) atoms. The van der Waals surface area contributed by atoms with Crippen molar-refractivity contribution in [3.8, 4) is 0 Å². The summed E-state index contributed by atoms with van der Waals surface area (Å²) in [6.45, 7) is 16.1. The molecular formula is C15H29Br. The fourth-order valence-electron chi connectivity index (χ4n) is 1.60. The van der Waals surface area contributed by atoms with Gasteiger partial charge in [-0.15, -0.1) is 0 Å². The van der Waals surface area contributed by atoms with Gasteiger partial charge in [0.05, 0.1) is 0 Å². The Morgan fingerprint density at radius 3 is 2.00 bits per heavy atom. The van der Waals surface area contributed by atoms with Crippen LogP contribution in [0, 0.1) is 10.8 Å². The van der Waals surface area contributed by atoms with Crippen LogP contribution in [0.15, 0.2) is 11.6 Å². The van der Waals surface area contributed by atoms with Gasteiger partial charge in [-0.1, -0.05) is 75.5 Å². The van der Waals surface area contributed by atoms with Crippen molar-refractivity contribution in [2.45, 2.75) is 72.6 Å². The molecule has 0 aliphatic carbocycles. The molecule has 0 amide bonds. The fraction of sp³-hybridized carbons (Fsp3) is 0.867. The molecule has 0 nitrogen and oxygen atoms in total. The highest BCUT2D eigenvalue weighted by molar-refractivity contribution is 9.09. The van der Waals surface area contributed by atoms with E-state index in [1.54, 1.807) is 0 Å². The predicted octanol–water partition coefficient (Wildman–Crippen LogP) is 5.96. The molecule has 0 rings (SSSR count). The molecule has 0 fully saturated rings. The first kappa shape index (κ1) is 16.2. The van der Waals surface area contributed by atoms with Gasteiger partial charge in [-0.25, -0.2) is 0 Å². The Kier molecular flexibility index (Phi) is 6.32. The molecular weight excluding hydrogens is 260 g/mol. The summed E-state index contributed by atoms with van der Waals surface area (Å²) < 4.78 is 0. The second kappa shape index (κ2) is 6.23. The Morgan fingerprint density at radius 1 is 1.12 bits per heavy atom. The molecule has 0 heterocycles. The van der Waals surface area contributed by atoms with E-state index in [1.807, 2.05) is 0 Å². The molecule has 0 aliphatic rings. The number of hydrogen-bond donors (Lipinski definition) is 0. The SMILES string of the molecule is CCC(C)(C)/C=C(\C)C(Br)CC(C)(C)CC. The lowest BCUT2D eigenvalue weighted by atomic mass is 9.82. The Morgan fingerprint density at radius 2 is 1.62 bits per heavy atom. The van der Waals surface area contributed by atoms with Crippen LogP contribution in [-0.4, -0.2) is 4.83 Å². The van der Waals surface area contributed by atoms with Crippen LogP contribution in [0.1, 0.15) is 67.7 Å². The number of allylic oxidation sites excluding steroid dienone is 2. The van der Waals surface area contributed by atoms with Crippen LogP contribution >= 0.6 is 15.9 Å². The molecule has 0 N–H and O–H groups in total. The summed E-state index contributed by atoms with van der Waals surface area (Å²) in [5, 5.41) is 0. The number of rotatable bonds is 6. The molecule has 1 unspecified atom stereocenters. The third kappa shape index (κ3) is 6.08. The van der Waals surface area contributed by atoms with Crippen molar-refractivity contribution in [2.75, 3.05) is 0 Å². The normalized spacial score (nSPS) is 16.4. The number of halogens is 1. The van der Waals surface area contributed by atoms with Crippen LogP contribution in [0.3, 0.4) is 0 Å². The van der Waals surface area contributed by atoms with Crippen LogP contribution in [-0.2, 0) is 0 Å². The molecule has 0 aromatic carbocycles. The van der Waals surface area contributed by atoms with Crippen molar-refractivity contribution in [1.82, 2.24) is 0 Å². The standard InChI is InChI=1S/C15H29Br/c1-8-14(4,5)10-12(3)13(16)11-15(6,7)9-2/h10,13H,8-9,11H2,1-7H3/b12-10+. The van der Waals surface area contributed by atoms with E-state index in [-0.39, 0.29) is 0 Å². The summed E-state index contributed by atoms with van der Waals surface area (Å²) in [5.41, 5.74) is 2.24. The topological polar surface area (TPSA) is 0 Å². The lowest BCUT2D eigenvalue weighted by Crippen LogP contribution is -2.18. The van der Waals surface area contributed by atoms with Crippen molar-refractivity contribution in [3.63, 3.8) is 0 Å². The van der Waals surface area contributed by atoms with Gasteiger partial charge in [-0.2, -0.15) is 0 Å². The van der Waals surface area contributed by atoms with Gasteiger partial charge >= 0.3 is 0 Å². The van der Waals surface area contributed by atoms with Crippen LogP contribution in [0.4, 0.5) is 0 Å². The molecule has 0 bridgehead atoms. The van der Waals surface area contributed by atoms with Crippen LogP contribution < -0.4 is 0 Å². The smallest absolute Gasteiger partial charge is 0.0357 e. The first-order valence-corrected chi connectivity index (χ1v) is 7.38. The van der Waals surface area contributed by atoms with E-state index < -0.39 is 0 Å². The summed E-state index contributed by atoms with van der Waals surface area (Å²) in [5.74, 6) is 0. The third-order valence-electron chi connectivity index (χ3n) is 3.71. The number of alkyl halides is 1. The summed E-state index contributed by atoms with van der Waals surface area (Å²) in [6, 6.07) is 0. The zero-order valence-corrected chi connectivity index (χ0v) is 13.7. The monoisotopic (exact) mass is 288 g/mol. The molecule has 0 saturated carbocycles. The summed E-state index contributed by atoms with van der Waals surface area (Å²) >= 11 is 3.83. The van der Waals surface area contributed by atoms with E-state index >= 15 is 0 Å². The second-order valence-electron chi connectivity index (χ2n) is 6.42. The van der Waals surface area contributed by atoms with Gasteiger partial charge in [-0.05, 0) is 30.6 Å². The van der Waals surface area contributed by atoms with Gasteiger partial charge in [0.15, 0.2) is 0 Å². The van der Waals surface area contributed by atoms with Crippen molar-refractivity contribution < 1.29 is 0 Å². The minimum atomic E-state index is 0.326. The maximum Gasteiger partial charge on any atom is 0.0357 e. The predicted molar refractivity (Wildman–Crippen MR) is 79.2 cm³/mol. The molecule has 1 heteroatoms. The van der Waals surface area contributed by atoms with Gasteiger partial charge < -0.3 is 0 Å². The summed E-state index contributed by atoms with van der Waals surface area (Å²) in [4.78, 5) is 0.522. The van der Waals surface area contributed by atoms with Crippen LogP contribution in [0.5, 0.6) is 0 Å². The van der Waals surface area contributed by atoms with E-state index in [4.69, 9.17) is 0 Å². The van der Waals surface area contributed by atoms with Crippen molar-refractivity contribution in [2.24, 2.45) is 10.8 Å². The van der Waals surface area contributed by atoms with Gasteiger partial charge in [0.2, 0.25) is 0 Å². The Labute approximate surface area is 111 Å². The van der Waals surface area contributed by atoms with E-state index in [1.165, 1.54) is 24.8 Å². The van der Waals surface area contributed by atoms with Gasteiger partial charge in [0.1, 0.15) is 0 Å². The highest BCUT2D eigenvalue weighted by atomic mass is 79.9. The van der Waals surface area contributed by atoms with Crippen molar-refractivity contribution in [3.05, 3.63) is 11.6 Å². The first-order chi connectivity index (χ1) is 7.13. The van der Waals surface area contributed by atoms with E-state index in [9.17, 15) is 0 Å². The van der Waals surface area contributed by atoms with Crippen molar-refractivity contribution >= 4 is 15.9 Å². The van der Waals surface area contributed by atoms with E-state index in [2.05, 4.69) is 70.5 Å². The number of hydrogen-bond acceptors (Lipinski definition) is 0. The van der Waals surface area contributed by atoms with Gasteiger partial charge in [0, 0.05) is 4.83 Å². The minimum Gasteiger partial charge on any atom is -0.0842 e. The highest BCUT2D eigenvalue weighted by Crippen LogP contribution is 2.34. The third-order valence-corrected chi connectivity index (χ3v) is 4.76. The first-order valence-electron chi connectivity index (χ1n) is 6.47. The lowest BCUT2D eigenvalue weighted by Gasteiger charge is -2.28. The second-order valence-corrected chi connectivity index (χ2v) is 7.53. The minimum absolute atomic E-state index is 0.326. The Balaban J connectivity index is 4.56. The Hall–Kier alpha value is 0.220. The van der Waals surface area contributed by atoms with E-state index in [0.717, 1.165) is 0 Å². The Bertz CT molecular complexity index is 236. The highest BCUT2D eigenvalue weighted by Gasteiger charge is 2.22. The molecule has 0 saturated heterocycles. The maximum absolute atomic E-state index is 3.83.